The second-order valence-corrected chi connectivity index (χ2v) is 8.00. The van der Waals surface area contributed by atoms with E-state index in [2.05, 4.69) is 10.2 Å². The van der Waals surface area contributed by atoms with Gasteiger partial charge in [0.25, 0.3) is 0 Å². The normalized spacial score (nSPS) is 11.8. The van der Waals surface area contributed by atoms with Gasteiger partial charge in [-0.1, -0.05) is 48.5 Å². The number of nitrogens with zero attached hydrogens (tertiary/aromatic N) is 4. The van der Waals surface area contributed by atoms with E-state index in [1.807, 2.05) is 88.9 Å². The number of hydrogen-bond acceptors (Lipinski definition) is 6. The first-order valence-corrected chi connectivity index (χ1v) is 10.3. The summed E-state index contributed by atoms with van der Waals surface area (Å²) in [6.45, 7) is 0. The van der Waals surface area contributed by atoms with Crippen molar-refractivity contribution in [2.45, 2.75) is 0 Å². The smallest absolute Gasteiger partial charge is 0.133 e. The van der Waals surface area contributed by atoms with Crippen LogP contribution in [0.15, 0.2) is 70.9 Å². The van der Waals surface area contributed by atoms with Crippen molar-refractivity contribution in [3.63, 3.8) is 0 Å². The van der Waals surface area contributed by atoms with Gasteiger partial charge < -0.3 is 20.2 Å². The van der Waals surface area contributed by atoms with E-state index in [0.717, 1.165) is 21.5 Å². The lowest BCUT2D eigenvalue weighted by molar-refractivity contribution is 0.439. The van der Waals surface area contributed by atoms with E-state index in [1.54, 1.807) is 22.4 Å². The topological polar surface area (TPSA) is 71.7 Å². The summed E-state index contributed by atoms with van der Waals surface area (Å²) in [5.74, 6) is 0.132. The summed E-state index contributed by atoms with van der Waals surface area (Å²) < 4.78 is 0. The molecule has 32 heavy (non-hydrogen) atoms. The molecule has 2 N–H and O–H groups in total. The molecule has 0 aliphatic rings. The molecule has 0 fully saturated rings. The quantitative estimate of drug-likeness (QED) is 0.353. The maximum absolute atomic E-state index is 11.4. The van der Waals surface area contributed by atoms with Gasteiger partial charge in [-0.3, -0.25) is 0 Å². The van der Waals surface area contributed by atoms with Crippen LogP contribution in [0.25, 0.3) is 32.7 Å². The van der Waals surface area contributed by atoms with Crippen LogP contribution in [-0.2, 0) is 0 Å². The molecule has 162 valence electrons. The predicted octanol–water partition coefficient (Wildman–Crippen LogP) is 4.86. The summed E-state index contributed by atoms with van der Waals surface area (Å²) in [6, 6.07) is 19.4. The van der Waals surface area contributed by atoms with Crippen LogP contribution in [0.2, 0.25) is 0 Å². The zero-order valence-electron chi connectivity index (χ0n) is 18.6. The molecule has 0 amide bonds. The summed E-state index contributed by atoms with van der Waals surface area (Å²) in [7, 11) is 7.29. The Balaban J connectivity index is 2.13. The van der Waals surface area contributed by atoms with Crippen molar-refractivity contribution < 1.29 is 10.2 Å². The molecule has 0 saturated heterocycles. The molecule has 4 aromatic rings. The number of fused-ring (bicyclic) bond motifs is 2. The summed E-state index contributed by atoms with van der Waals surface area (Å²) in [5.41, 5.74) is 2.28. The Labute approximate surface area is 187 Å². The fourth-order valence-electron chi connectivity index (χ4n) is 3.77. The van der Waals surface area contributed by atoms with Crippen LogP contribution in [0.5, 0.6) is 11.5 Å². The Morgan fingerprint density at radius 1 is 0.625 bits per heavy atom. The lowest BCUT2D eigenvalue weighted by atomic mass is 9.89. The third kappa shape index (κ3) is 3.95. The van der Waals surface area contributed by atoms with Gasteiger partial charge in [0.1, 0.15) is 11.5 Å². The number of phenolic OH excluding ortho intramolecular Hbond substituents is 2. The van der Waals surface area contributed by atoms with Gasteiger partial charge in [0.05, 0.1) is 12.4 Å². The van der Waals surface area contributed by atoms with Gasteiger partial charge >= 0.3 is 0 Å². The predicted molar refractivity (Wildman–Crippen MR) is 133 cm³/mol. The molecule has 4 aromatic carbocycles. The highest BCUT2D eigenvalue weighted by Crippen LogP contribution is 2.46. The van der Waals surface area contributed by atoms with Crippen LogP contribution >= 0.6 is 0 Å². The molecule has 0 atom stereocenters. The minimum atomic E-state index is 0.0662. The van der Waals surface area contributed by atoms with Gasteiger partial charge in [0, 0.05) is 50.4 Å². The zero-order chi connectivity index (χ0) is 22.8. The van der Waals surface area contributed by atoms with Crippen molar-refractivity contribution in [1.82, 2.24) is 10.0 Å². The number of aromatic hydroxyl groups is 2. The van der Waals surface area contributed by atoms with Gasteiger partial charge in [0.15, 0.2) is 0 Å². The second-order valence-electron chi connectivity index (χ2n) is 8.00. The van der Waals surface area contributed by atoms with Crippen molar-refractivity contribution in [3.8, 4) is 22.6 Å². The highest BCUT2D eigenvalue weighted by atomic mass is 16.3. The van der Waals surface area contributed by atoms with Gasteiger partial charge in [-0.05, 0) is 33.7 Å². The van der Waals surface area contributed by atoms with Crippen LogP contribution in [-0.4, -0.2) is 60.9 Å². The Morgan fingerprint density at radius 3 is 1.38 bits per heavy atom. The lowest BCUT2D eigenvalue weighted by Gasteiger charge is -2.17. The Hall–Kier alpha value is -4.06. The molecule has 4 rings (SSSR count). The maximum atomic E-state index is 11.4. The molecule has 6 nitrogen and oxygen atoms in total. The fourth-order valence-corrected chi connectivity index (χ4v) is 3.77. The van der Waals surface area contributed by atoms with Crippen LogP contribution in [0.4, 0.5) is 0 Å². The Bertz CT molecular complexity index is 1250. The summed E-state index contributed by atoms with van der Waals surface area (Å²) in [6.07, 6.45) is 3.25. The van der Waals surface area contributed by atoms with Crippen molar-refractivity contribution in [1.29, 1.82) is 0 Å². The molecule has 0 bridgehead atoms. The van der Waals surface area contributed by atoms with Crippen LogP contribution < -0.4 is 0 Å². The minimum absolute atomic E-state index is 0.0662. The number of benzene rings is 4. The maximum Gasteiger partial charge on any atom is 0.133 e. The van der Waals surface area contributed by atoms with Crippen molar-refractivity contribution >= 4 is 34.0 Å². The summed E-state index contributed by atoms with van der Waals surface area (Å²) >= 11 is 0. The average Bonchev–Trinajstić information content (AvgIpc) is 2.77. The molecule has 0 saturated carbocycles. The van der Waals surface area contributed by atoms with E-state index in [0.29, 0.717) is 22.3 Å². The monoisotopic (exact) mass is 426 g/mol. The Morgan fingerprint density at radius 2 is 1.00 bits per heavy atom. The van der Waals surface area contributed by atoms with Gasteiger partial charge in [-0.2, -0.15) is 10.2 Å². The van der Waals surface area contributed by atoms with Crippen molar-refractivity contribution in [2.24, 2.45) is 10.2 Å². The van der Waals surface area contributed by atoms with Crippen molar-refractivity contribution in [3.05, 3.63) is 71.8 Å². The second kappa shape index (κ2) is 8.59. The van der Waals surface area contributed by atoms with E-state index in [9.17, 15) is 10.2 Å². The third-order valence-electron chi connectivity index (χ3n) is 5.21. The van der Waals surface area contributed by atoms with E-state index in [-0.39, 0.29) is 11.5 Å². The fraction of sp³-hybridized carbons (Fsp3) is 0.154. The van der Waals surface area contributed by atoms with Gasteiger partial charge in [-0.25, -0.2) is 0 Å². The molecule has 6 heteroatoms. The number of phenols is 2. The van der Waals surface area contributed by atoms with Crippen LogP contribution in [0, 0.1) is 0 Å². The van der Waals surface area contributed by atoms with Crippen LogP contribution in [0.3, 0.4) is 0 Å². The average molecular weight is 427 g/mol. The molecule has 0 aliphatic heterocycles. The molecule has 0 aliphatic carbocycles. The van der Waals surface area contributed by atoms with E-state index < -0.39 is 0 Å². The van der Waals surface area contributed by atoms with Gasteiger partial charge in [-0.15, -0.1) is 0 Å². The minimum Gasteiger partial charge on any atom is -0.507 e. The van der Waals surface area contributed by atoms with Crippen LogP contribution in [0.1, 0.15) is 11.1 Å². The SMILES string of the molecule is CN(C)/N=C/c1cc2ccccc2c(-c2c(O)c(/C=N/N(C)C)cc3ccccc23)c1O. The zero-order valence-corrected chi connectivity index (χ0v) is 18.6. The first kappa shape index (κ1) is 21.2. The highest BCUT2D eigenvalue weighted by molar-refractivity contribution is 6.14. The number of hydrazone groups is 2. The molecule has 0 spiro atoms. The van der Waals surface area contributed by atoms with E-state index >= 15 is 0 Å². The standard InChI is InChI=1S/C26H26N4O2/c1-29(2)27-15-19-13-17-9-5-7-11-21(17)23(25(19)31)24-22-12-8-6-10-18(22)14-20(26(24)32)16-28-30(3)4/h5-16,31-32H,1-4H3/b27-15+,28-16+. The van der Waals surface area contributed by atoms with E-state index in [4.69, 9.17) is 0 Å². The van der Waals surface area contributed by atoms with Crippen molar-refractivity contribution in [2.75, 3.05) is 28.2 Å². The molecule has 0 heterocycles. The molecule has 0 aromatic heterocycles. The number of hydrogen-bond donors (Lipinski definition) is 2. The Kier molecular flexibility index (Phi) is 5.69. The molecular weight excluding hydrogens is 400 g/mol. The first-order valence-electron chi connectivity index (χ1n) is 10.3. The van der Waals surface area contributed by atoms with E-state index in [1.165, 1.54) is 0 Å². The first-order chi connectivity index (χ1) is 15.4. The lowest BCUT2D eigenvalue weighted by Crippen LogP contribution is -2.03. The molecular formula is C26H26N4O2. The summed E-state index contributed by atoms with van der Waals surface area (Å²) in [5, 5.41) is 38.3. The summed E-state index contributed by atoms with van der Waals surface area (Å²) in [4.78, 5) is 0. The van der Waals surface area contributed by atoms with Gasteiger partial charge in [0.2, 0.25) is 0 Å². The molecule has 0 unspecified atom stereocenters. The number of rotatable bonds is 5. The largest absolute Gasteiger partial charge is 0.507 e. The highest BCUT2D eigenvalue weighted by Gasteiger charge is 2.21. The molecule has 0 radical (unpaired) electrons. The third-order valence-corrected chi connectivity index (χ3v) is 5.21.